The van der Waals surface area contributed by atoms with E-state index in [1.54, 1.807) is 0 Å². The van der Waals surface area contributed by atoms with Gasteiger partial charge in [-0.2, -0.15) is 0 Å². The molecule has 0 unspecified atom stereocenters. The molecule has 0 radical (unpaired) electrons. The number of aromatic nitrogens is 1. The molecule has 1 amide bonds. The van der Waals surface area contributed by atoms with E-state index >= 15 is 0 Å². The summed E-state index contributed by atoms with van der Waals surface area (Å²) < 4.78 is 4.94. The van der Waals surface area contributed by atoms with Crippen LogP contribution in [0.2, 0.25) is 15.1 Å². The molecule has 0 saturated carbocycles. The number of ether oxygens (including phenoxy) is 1. The van der Waals surface area contributed by atoms with Gasteiger partial charge < -0.3 is 10.1 Å². The summed E-state index contributed by atoms with van der Waals surface area (Å²) in [5, 5.41) is 2.86. The Morgan fingerprint density at radius 2 is 1.71 bits per heavy atom. The molecule has 1 N–H and O–H groups in total. The smallest absolute Gasteiger partial charge is 0.359 e. The molecule has 0 saturated heterocycles. The fraction of sp³-hybridized carbons (Fsp3) is 0.562. The zero-order valence-electron chi connectivity index (χ0n) is 14.3. The molecule has 0 bridgehead atoms. The van der Waals surface area contributed by atoms with Crippen LogP contribution in [0.25, 0.3) is 0 Å². The van der Waals surface area contributed by atoms with Crippen LogP contribution in [-0.2, 0) is 9.53 Å². The first-order chi connectivity index (χ1) is 10.8. The van der Waals surface area contributed by atoms with Crippen molar-refractivity contribution in [3.8, 4) is 0 Å². The summed E-state index contributed by atoms with van der Waals surface area (Å²) in [4.78, 5) is 27.8. The molecule has 8 heteroatoms. The fourth-order valence-corrected chi connectivity index (χ4v) is 3.13. The number of pyridine rings is 1. The zero-order valence-corrected chi connectivity index (χ0v) is 16.6. The van der Waals surface area contributed by atoms with E-state index in [1.807, 2.05) is 13.8 Å². The lowest BCUT2D eigenvalue weighted by molar-refractivity contribution is -0.126. The first-order valence-electron chi connectivity index (χ1n) is 7.30. The topological polar surface area (TPSA) is 68.3 Å². The molecule has 0 fully saturated rings. The Labute approximate surface area is 157 Å². The molecule has 1 aromatic heterocycles. The van der Waals surface area contributed by atoms with Crippen molar-refractivity contribution < 1.29 is 14.3 Å². The van der Waals surface area contributed by atoms with Gasteiger partial charge in [0.1, 0.15) is 0 Å². The maximum Gasteiger partial charge on any atom is 0.359 e. The van der Waals surface area contributed by atoms with Gasteiger partial charge in [0, 0.05) is 11.7 Å². The van der Waals surface area contributed by atoms with Crippen LogP contribution in [0.5, 0.6) is 0 Å². The number of amides is 1. The number of carbonyl (C=O) groups excluding carboxylic acids is 2. The molecule has 0 aromatic carbocycles. The van der Waals surface area contributed by atoms with E-state index in [-0.39, 0.29) is 26.2 Å². The van der Waals surface area contributed by atoms with E-state index in [9.17, 15) is 9.59 Å². The molecule has 1 aromatic rings. The average molecular weight is 396 g/mol. The van der Waals surface area contributed by atoms with Gasteiger partial charge in [0.25, 0.3) is 5.91 Å². The van der Waals surface area contributed by atoms with Gasteiger partial charge >= 0.3 is 5.97 Å². The van der Waals surface area contributed by atoms with E-state index < -0.39 is 24.0 Å². The van der Waals surface area contributed by atoms with Crippen LogP contribution in [0.4, 0.5) is 0 Å². The van der Waals surface area contributed by atoms with Crippen molar-refractivity contribution in [2.75, 3.05) is 6.61 Å². The second-order valence-corrected chi connectivity index (χ2v) is 8.49. The normalized spacial score (nSPS) is 12.0. The highest BCUT2D eigenvalue weighted by molar-refractivity contribution is 6.48. The standard InChI is InChI=1S/C16H21Cl3N2O3/c1-15(2,3)8-16(4,5)21-10(22)7-24-14(23)13-12(19)11(18)9(17)6-20-13/h6H,7-8H2,1-5H3,(H,21,22). The van der Waals surface area contributed by atoms with E-state index in [0.717, 1.165) is 6.42 Å². The van der Waals surface area contributed by atoms with Gasteiger partial charge in [0.15, 0.2) is 12.3 Å². The van der Waals surface area contributed by atoms with Gasteiger partial charge in [-0.15, -0.1) is 0 Å². The van der Waals surface area contributed by atoms with Crippen LogP contribution in [-0.4, -0.2) is 29.0 Å². The van der Waals surface area contributed by atoms with Crippen LogP contribution >= 0.6 is 34.8 Å². The number of hydrogen-bond donors (Lipinski definition) is 1. The molecule has 5 nitrogen and oxygen atoms in total. The summed E-state index contributed by atoms with van der Waals surface area (Å²) in [6.07, 6.45) is 1.96. The van der Waals surface area contributed by atoms with Gasteiger partial charge in [0.2, 0.25) is 0 Å². The minimum atomic E-state index is -0.845. The molecular weight excluding hydrogens is 375 g/mol. The van der Waals surface area contributed by atoms with E-state index in [4.69, 9.17) is 39.5 Å². The summed E-state index contributed by atoms with van der Waals surface area (Å²) in [5.41, 5.74) is -0.570. The second-order valence-electron chi connectivity index (χ2n) is 7.33. The zero-order chi connectivity index (χ0) is 18.7. The third kappa shape index (κ3) is 6.46. The number of rotatable bonds is 5. The quantitative estimate of drug-likeness (QED) is 0.744. The first kappa shape index (κ1) is 21.0. The van der Waals surface area contributed by atoms with E-state index in [2.05, 4.69) is 31.1 Å². The molecule has 1 heterocycles. The molecule has 0 aliphatic heterocycles. The van der Waals surface area contributed by atoms with Crippen LogP contribution in [0.3, 0.4) is 0 Å². The summed E-state index contributed by atoms with van der Waals surface area (Å²) in [6, 6.07) is 0. The van der Waals surface area contributed by atoms with Crippen molar-refractivity contribution in [1.29, 1.82) is 0 Å². The van der Waals surface area contributed by atoms with Crippen molar-refractivity contribution in [3.63, 3.8) is 0 Å². The van der Waals surface area contributed by atoms with Crippen LogP contribution in [0, 0.1) is 5.41 Å². The summed E-state index contributed by atoms with van der Waals surface area (Å²) in [7, 11) is 0. The van der Waals surface area contributed by atoms with Crippen molar-refractivity contribution in [2.45, 2.75) is 46.6 Å². The SMILES string of the molecule is CC(C)(C)CC(C)(C)NC(=O)COC(=O)c1ncc(Cl)c(Cl)c1Cl. The Morgan fingerprint density at radius 3 is 2.25 bits per heavy atom. The van der Waals surface area contributed by atoms with Crippen LogP contribution in [0.15, 0.2) is 6.20 Å². The Hall–Kier alpha value is -1.04. The van der Waals surface area contributed by atoms with E-state index in [1.165, 1.54) is 6.20 Å². The number of nitrogens with one attached hydrogen (secondary N) is 1. The number of halogens is 3. The maximum absolute atomic E-state index is 12.0. The Balaban J connectivity index is 2.65. The highest BCUT2D eigenvalue weighted by Crippen LogP contribution is 2.31. The number of carbonyl (C=O) groups is 2. The lowest BCUT2D eigenvalue weighted by Gasteiger charge is -2.33. The Bertz CT molecular complexity index is 640. The van der Waals surface area contributed by atoms with Crippen molar-refractivity contribution in [2.24, 2.45) is 5.41 Å². The minimum absolute atomic E-state index is 0.0102. The minimum Gasteiger partial charge on any atom is -0.451 e. The third-order valence-corrected chi connectivity index (χ3v) is 4.14. The fourth-order valence-electron chi connectivity index (χ4n) is 2.57. The molecule has 0 aliphatic carbocycles. The molecular formula is C16H21Cl3N2O3. The van der Waals surface area contributed by atoms with Gasteiger partial charge in [-0.1, -0.05) is 55.6 Å². The van der Waals surface area contributed by atoms with Gasteiger partial charge in [-0.05, 0) is 25.7 Å². The van der Waals surface area contributed by atoms with Crippen molar-refractivity contribution >= 4 is 46.7 Å². The lowest BCUT2D eigenvalue weighted by atomic mass is 9.82. The van der Waals surface area contributed by atoms with Crippen LogP contribution in [0.1, 0.15) is 51.5 Å². The average Bonchev–Trinajstić information content (AvgIpc) is 2.39. The Morgan fingerprint density at radius 1 is 1.12 bits per heavy atom. The summed E-state index contributed by atoms with van der Waals surface area (Å²) >= 11 is 17.5. The van der Waals surface area contributed by atoms with Gasteiger partial charge in [0.05, 0.1) is 15.1 Å². The maximum atomic E-state index is 12.0. The number of esters is 1. The second kappa shape index (κ2) is 7.89. The molecule has 1 rings (SSSR count). The monoisotopic (exact) mass is 394 g/mol. The van der Waals surface area contributed by atoms with Crippen molar-refractivity contribution in [1.82, 2.24) is 10.3 Å². The predicted octanol–water partition coefficient (Wildman–Crippen LogP) is 4.53. The lowest BCUT2D eigenvalue weighted by Crippen LogP contribution is -2.47. The highest BCUT2D eigenvalue weighted by Gasteiger charge is 2.27. The predicted molar refractivity (Wildman–Crippen MR) is 95.8 cm³/mol. The van der Waals surface area contributed by atoms with Gasteiger partial charge in [-0.3, -0.25) is 4.79 Å². The third-order valence-electron chi connectivity index (χ3n) is 2.90. The molecule has 134 valence electrons. The summed E-state index contributed by atoms with van der Waals surface area (Å²) in [5.74, 6) is -1.25. The first-order valence-corrected chi connectivity index (χ1v) is 8.43. The summed E-state index contributed by atoms with van der Waals surface area (Å²) in [6.45, 7) is 9.63. The van der Waals surface area contributed by atoms with Gasteiger partial charge in [-0.25, -0.2) is 9.78 Å². The van der Waals surface area contributed by atoms with Crippen LogP contribution < -0.4 is 5.32 Å². The van der Waals surface area contributed by atoms with E-state index in [0.29, 0.717) is 0 Å². The van der Waals surface area contributed by atoms with Crippen molar-refractivity contribution in [3.05, 3.63) is 27.0 Å². The highest BCUT2D eigenvalue weighted by atomic mass is 35.5. The number of hydrogen-bond acceptors (Lipinski definition) is 4. The number of nitrogens with zero attached hydrogens (tertiary/aromatic N) is 1. The largest absolute Gasteiger partial charge is 0.451 e. The molecule has 0 aliphatic rings. The molecule has 0 spiro atoms. The molecule has 0 atom stereocenters. The Kier molecular flexibility index (Phi) is 6.91. The molecule has 24 heavy (non-hydrogen) atoms.